The quantitative estimate of drug-likeness (QED) is 0.849. The van der Waals surface area contributed by atoms with Gasteiger partial charge in [0.25, 0.3) is 0 Å². The zero-order chi connectivity index (χ0) is 13.8. The van der Waals surface area contributed by atoms with E-state index < -0.39 is 0 Å². The van der Waals surface area contributed by atoms with Crippen LogP contribution in [-0.4, -0.2) is 30.9 Å². The van der Waals surface area contributed by atoms with Crippen molar-refractivity contribution in [3.8, 4) is 5.75 Å². The second-order valence-electron chi connectivity index (χ2n) is 5.12. The van der Waals surface area contributed by atoms with Crippen molar-refractivity contribution < 1.29 is 9.53 Å². The van der Waals surface area contributed by atoms with Crippen molar-refractivity contribution in [1.29, 1.82) is 0 Å². The zero-order valence-electron chi connectivity index (χ0n) is 11.5. The van der Waals surface area contributed by atoms with E-state index in [0.29, 0.717) is 5.78 Å². The lowest BCUT2D eigenvalue weighted by Crippen LogP contribution is -2.35. The van der Waals surface area contributed by atoms with Crippen LogP contribution in [0.5, 0.6) is 5.75 Å². The van der Waals surface area contributed by atoms with E-state index in [4.69, 9.17) is 16.3 Å². The standard InChI is InChI=1S/C15H20ClNO2/c1-11(18)12-5-7-17(8-6-12)10-13-9-14(16)3-4-15(13)19-2/h3-4,9,12H,5-8,10H2,1-2H3. The number of nitrogens with zero attached hydrogens (tertiary/aromatic N) is 1. The van der Waals surface area contributed by atoms with Gasteiger partial charge in [-0.3, -0.25) is 9.69 Å². The van der Waals surface area contributed by atoms with Crippen molar-refractivity contribution in [2.75, 3.05) is 20.2 Å². The van der Waals surface area contributed by atoms with Crippen LogP contribution in [0.15, 0.2) is 18.2 Å². The highest BCUT2D eigenvalue weighted by atomic mass is 35.5. The lowest BCUT2D eigenvalue weighted by atomic mass is 9.93. The Labute approximate surface area is 119 Å². The van der Waals surface area contributed by atoms with Gasteiger partial charge in [0, 0.05) is 23.0 Å². The third-order valence-electron chi connectivity index (χ3n) is 3.80. The molecule has 0 unspecified atom stereocenters. The third-order valence-corrected chi connectivity index (χ3v) is 4.03. The number of ketones is 1. The maximum Gasteiger partial charge on any atom is 0.133 e. The molecule has 4 heteroatoms. The Balaban J connectivity index is 1.99. The predicted octanol–water partition coefficient (Wildman–Crippen LogP) is 3.15. The summed E-state index contributed by atoms with van der Waals surface area (Å²) in [7, 11) is 1.68. The molecular weight excluding hydrogens is 262 g/mol. The molecule has 2 rings (SSSR count). The highest BCUT2D eigenvalue weighted by Gasteiger charge is 2.22. The van der Waals surface area contributed by atoms with Crippen molar-refractivity contribution in [2.24, 2.45) is 5.92 Å². The molecule has 0 aromatic heterocycles. The number of hydrogen-bond acceptors (Lipinski definition) is 3. The second kappa shape index (κ2) is 6.40. The number of piperidine rings is 1. The maximum absolute atomic E-state index is 11.4. The predicted molar refractivity (Wildman–Crippen MR) is 76.7 cm³/mol. The van der Waals surface area contributed by atoms with Crippen LogP contribution >= 0.6 is 11.6 Å². The third kappa shape index (κ3) is 3.71. The average molecular weight is 282 g/mol. The van der Waals surface area contributed by atoms with Crippen LogP contribution in [0, 0.1) is 5.92 Å². The van der Waals surface area contributed by atoms with Crippen molar-refractivity contribution in [1.82, 2.24) is 4.90 Å². The van der Waals surface area contributed by atoms with Crippen LogP contribution in [0.1, 0.15) is 25.3 Å². The van der Waals surface area contributed by atoms with E-state index in [1.807, 2.05) is 18.2 Å². The van der Waals surface area contributed by atoms with Crippen LogP contribution in [-0.2, 0) is 11.3 Å². The van der Waals surface area contributed by atoms with Gasteiger partial charge >= 0.3 is 0 Å². The number of halogens is 1. The number of benzene rings is 1. The average Bonchev–Trinajstić information content (AvgIpc) is 2.39. The summed E-state index contributed by atoms with van der Waals surface area (Å²) in [4.78, 5) is 13.7. The van der Waals surface area contributed by atoms with Gasteiger partial charge in [-0.2, -0.15) is 0 Å². The highest BCUT2D eigenvalue weighted by Crippen LogP contribution is 2.26. The normalized spacial score (nSPS) is 17.4. The number of ether oxygens (including phenoxy) is 1. The molecule has 1 heterocycles. The molecule has 0 amide bonds. The molecule has 0 radical (unpaired) electrons. The lowest BCUT2D eigenvalue weighted by Gasteiger charge is -2.31. The van der Waals surface area contributed by atoms with Crippen molar-refractivity contribution >= 4 is 17.4 Å². The Hall–Kier alpha value is -1.06. The van der Waals surface area contributed by atoms with Gasteiger partial charge in [0.1, 0.15) is 11.5 Å². The number of likely N-dealkylation sites (tertiary alicyclic amines) is 1. The minimum absolute atomic E-state index is 0.248. The smallest absolute Gasteiger partial charge is 0.133 e. The van der Waals surface area contributed by atoms with Gasteiger partial charge in [0.15, 0.2) is 0 Å². The maximum atomic E-state index is 11.4. The van der Waals surface area contributed by atoms with Gasteiger partial charge < -0.3 is 4.74 Å². The molecule has 1 aromatic rings. The van der Waals surface area contributed by atoms with E-state index in [1.54, 1.807) is 14.0 Å². The number of carbonyl (C=O) groups is 1. The Morgan fingerprint density at radius 2 is 2.11 bits per heavy atom. The molecule has 1 aliphatic heterocycles. The fourth-order valence-corrected chi connectivity index (χ4v) is 2.80. The number of Topliss-reactive ketones (excluding diaryl/α,β-unsaturated/α-hetero) is 1. The van der Waals surface area contributed by atoms with Crippen molar-refractivity contribution in [3.63, 3.8) is 0 Å². The minimum atomic E-state index is 0.248. The van der Waals surface area contributed by atoms with Crippen LogP contribution in [0.25, 0.3) is 0 Å². The van der Waals surface area contributed by atoms with Gasteiger partial charge in [-0.1, -0.05) is 11.6 Å². The largest absolute Gasteiger partial charge is 0.496 e. The Morgan fingerprint density at radius 3 is 2.68 bits per heavy atom. The van der Waals surface area contributed by atoms with Gasteiger partial charge in [-0.15, -0.1) is 0 Å². The first-order valence-corrected chi connectivity index (χ1v) is 7.03. The van der Waals surface area contributed by atoms with E-state index in [1.165, 1.54) is 0 Å². The van der Waals surface area contributed by atoms with Crippen LogP contribution in [0.3, 0.4) is 0 Å². The molecule has 0 N–H and O–H groups in total. The summed E-state index contributed by atoms with van der Waals surface area (Å²) in [5, 5.41) is 0.731. The van der Waals surface area contributed by atoms with E-state index in [9.17, 15) is 4.79 Å². The zero-order valence-corrected chi connectivity index (χ0v) is 12.2. The monoisotopic (exact) mass is 281 g/mol. The van der Waals surface area contributed by atoms with E-state index >= 15 is 0 Å². The molecule has 3 nitrogen and oxygen atoms in total. The molecule has 1 fully saturated rings. The molecule has 0 aliphatic carbocycles. The first-order valence-electron chi connectivity index (χ1n) is 6.65. The molecule has 0 saturated carbocycles. The summed E-state index contributed by atoms with van der Waals surface area (Å²) >= 11 is 6.04. The summed E-state index contributed by atoms with van der Waals surface area (Å²) in [6.07, 6.45) is 1.91. The fraction of sp³-hybridized carbons (Fsp3) is 0.533. The Morgan fingerprint density at radius 1 is 1.42 bits per heavy atom. The Bertz CT molecular complexity index is 453. The van der Waals surface area contributed by atoms with Gasteiger partial charge in [0.2, 0.25) is 0 Å². The first-order chi connectivity index (χ1) is 9.10. The number of rotatable bonds is 4. The minimum Gasteiger partial charge on any atom is -0.496 e. The molecule has 0 atom stereocenters. The first kappa shape index (κ1) is 14.4. The van der Waals surface area contributed by atoms with Crippen LogP contribution in [0.4, 0.5) is 0 Å². The molecule has 1 saturated heterocycles. The molecule has 0 spiro atoms. The summed E-state index contributed by atoms with van der Waals surface area (Å²) < 4.78 is 5.36. The SMILES string of the molecule is COc1ccc(Cl)cc1CN1CCC(C(C)=O)CC1. The molecule has 1 aromatic carbocycles. The van der Waals surface area contributed by atoms with E-state index in [2.05, 4.69) is 4.90 Å². The summed E-state index contributed by atoms with van der Waals surface area (Å²) in [5.41, 5.74) is 1.11. The number of methoxy groups -OCH3 is 1. The summed E-state index contributed by atoms with van der Waals surface area (Å²) in [6, 6.07) is 5.70. The van der Waals surface area contributed by atoms with E-state index in [0.717, 1.165) is 48.8 Å². The topological polar surface area (TPSA) is 29.5 Å². The van der Waals surface area contributed by atoms with Crippen molar-refractivity contribution in [3.05, 3.63) is 28.8 Å². The fourth-order valence-electron chi connectivity index (χ4n) is 2.61. The summed E-state index contributed by atoms with van der Waals surface area (Å²) in [5.74, 6) is 1.44. The molecule has 104 valence electrons. The van der Waals surface area contributed by atoms with Crippen molar-refractivity contribution in [2.45, 2.75) is 26.3 Å². The highest BCUT2D eigenvalue weighted by molar-refractivity contribution is 6.30. The molecular formula is C15H20ClNO2. The second-order valence-corrected chi connectivity index (χ2v) is 5.55. The number of hydrogen-bond donors (Lipinski definition) is 0. The molecule has 0 bridgehead atoms. The molecule has 1 aliphatic rings. The lowest BCUT2D eigenvalue weighted by molar-refractivity contribution is -0.122. The van der Waals surface area contributed by atoms with E-state index in [-0.39, 0.29) is 5.92 Å². The van der Waals surface area contributed by atoms with Crippen LogP contribution in [0.2, 0.25) is 5.02 Å². The van der Waals surface area contributed by atoms with Gasteiger partial charge in [0.05, 0.1) is 7.11 Å². The van der Waals surface area contributed by atoms with Gasteiger partial charge in [-0.25, -0.2) is 0 Å². The summed E-state index contributed by atoms with van der Waals surface area (Å²) in [6.45, 7) is 4.44. The van der Waals surface area contributed by atoms with Crippen LogP contribution < -0.4 is 4.74 Å². The van der Waals surface area contributed by atoms with Gasteiger partial charge in [-0.05, 0) is 51.1 Å². The Kier molecular flexibility index (Phi) is 4.83. The number of carbonyl (C=O) groups excluding carboxylic acids is 1. The molecule has 19 heavy (non-hydrogen) atoms.